The summed E-state index contributed by atoms with van der Waals surface area (Å²) in [5.41, 5.74) is 7.80. The summed E-state index contributed by atoms with van der Waals surface area (Å²) in [7, 11) is 0. The fourth-order valence-corrected chi connectivity index (χ4v) is 5.22. The molecule has 0 spiro atoms. The fourth-order valence-electron chi connectivity index (χ4n) is 3.77. The first kappa shape index (κ1) is 19.1. The zero-order valence-electron chi connectivity index (χ0n) is 16.4. The molecule has 7 heteroatoms. The van der Waals surface area contributed by atoms with Gasteiger partial charge in [-0.15, -0.1) is 11.3 Å². The summed E-state index contributed by atoms with van der Waals surface area (Å²) < 4.78 is 2.13. The summed E-state index contributed by atoms with van der Waals surface area (Å²) in [6.07, 6.45) is 7.59. The van der Waals surface area contributed by atoms with Crippen molar-refractivity contribution in [3.8, 4) is 11.1 Å². The minimum atomic E-state index is -0.353. The molecule has 1 N–H and O–H groups in total. The largest absolute Gasteiger partial charge is 0.308 e. The number of carbonyl (C=O) groups excluding carboxylic acids is 1. The number of hydrazone groups is 1. The van der Waals surface area contributed by atoms with E-state index in [-0.39, 0.29) is 5.91 Å². The molecule has 1 aliphatic carbocycles. The minimum absolute atomic E-state index is 0.318. The molecule has 3 aromatic rings. The molecule has 3 heterocycles. The summed E-state index contributed by atoms with van der Waals surface area (Å²) in [4.78, 5) is 17.4. The van der Waals surface area contributed by atoms with Crippen LogP contribution in [-0.2, 0) is 12.8 Å². The molecule has 0 aromatic carbocycles. The van der Waals surface area contributed by atoms with Gasteiger partial charge in [0.05, 0.1) is 11.8 Å². The van der Waals surface area contributed by atoms with Crippen LogP contribution in [0, 0.1) is 25.2 Å². The molecule has 0 fully saturated rings. The van der Waals surface area contributed by atoms with Crippen molar-refractivity contribution in [3.63, 3.8) is 0 Å². The number of carbonyl (C=O) groups is 1. The molecule has 0 saturated heterocycles. The van der Waals surface area contributed by atoms with Crippen molar-refractivity contribution in [1.82, 2.24) is 15.0 Å². The monoisotopic (exact) mass is 403 g/mol. The van der Waals surface area contributed by atoms with Gasteiger partial charge in [0.1, 0.15) is 16.8 Å². The predicted molar refractivity (Wildman–Crippen MR) is 114 cm³/mol. The first-order valence-corrected chi connectivity index (χ1v) is 10.4. The molecule has 146 valence electrons. The van der Waals surface area contributed by atoms with Crippen molar-refractivity contribution >= 4 is 23.5 Å². The van der Waals surface area contributed by atoms with Gasteiger partial charge in [0.25, 0.3) is 5.91 Å². The Kier molecular flexibility index (Phi) is 5.28. The van der Waals surface area contributed by atoms with Gasteiger partial charge in [-0.05, 0) is 63.3 Å². The topological polar surface area (TPSA) is 83.1 Å². The van der Waals surface area contributed by atoms with Gasteiger partial charge in [-0.1, -0.05) is 6.07 Å². The third-order valence-corrected chi connectivity index (χ3v) is 6.48. The maximum absolute atomic E-state index is 12.1. The number of nitrogens with one attached hydrogen (secondary N) is 1. The predicted octanol–water partition coefficient (Wildman–Crippen LogP) is 4.07. The Balaban J connectivity index is 1.62. The van der Waals surface area contributed by atoms with Crippen molar-refractivity contribution in [2.45, 2.75) is 39.5 Å². The number of pyridine rings is 1. The van der Waals surface area contributed by atoms with E-state index in [9.17, 15) is 10.1 Å². The number of aromatic nitrogens is 2. The van der Waals surface area contributed by atoms with Gasteiger partial charge >= 0.3 is 0 Å². The van der Waals surface area contributed by atoms with Gasteiger partial charge in [0.15, 0.2) is 0 Å². The van der Waals surface area contributed by atoms with Crippen LogP contribution >= 0.6 is 11.3 Å². The van der Waals surface area contributed by atoms with Gasteiger partial charge in [0, 0.05) is 28.0 Å². The number of hydrogen-bond donors (Lipinski definition) is 1. The molecule has 4 rings (SSSR count). The number of rotatable bonds is 4. The smallest absolute Gasteiger partial charge is 0.289 e. The van der Waals surface area contributed by atoms with E-state index in [1.165, 1.54) is 16.9 Å². The number of thiophene rings is 1. The SMILES string of the molecule is Cc1cc(/C=N/NC(=O)c2ccccn2)c(C)n1-c1sc2c(c1C#N)CCCC2. The van der Waals surface area contributed by atoms with Crippen LogP contribution in [0.25, 0.3) is 5.00 Å². The van der Waals surface area contributed by atoms with Crippen LogP contribution in [-0.4, -0.2) is 21.7 Å². The van der Waals surface area contributed by atoms with E-state index in [0.29, 0.717) is 5.69 Å². The zero-order valence-corrected chi connectivity index (χ0v) is 17.2. The standard InChI is InChI=1S/C22H21N5OS/c1-14-11-16(13-25-26-21(28)19-8-5-6-10-24-19)15(2)27(14)22-18(12-23)17-7-3-4-9-20(17)29-22/h5-6,8,10-11,13H,3-4,7,9H2,1-2H3,(H,26,28)/b25-13+. The summed E-state index contributed by atoms with van der Waals surface area (Å²) in [6.45, 7) is 4.03. The van der Waals surface area contributed by atoms with E-state index in [2.05, 4.69) is 26.1 Å². The molecule has 0 atom stereocenters. The van der Waals surface area contributed by atoms with Gasteiger partial charge in [0.2, 0.25) is 0 Å². The second-order valence-corrected chi connectivity index (χ2v) is 8.16. The van der Waals surface area contributed by atoms with Crippen molar-refractivity contribution in [3.05, 3.63) is 69.1 Å². The highest BCUT2D eigenvalue weighted by Crippen LogP contribution is 2.38. The maximum Gasteiger partial charge on any atom is 0.289 e. The van der Waals surface area contributed by atoms with Crippen molar-refractivity contribution < 1.29 is 4.79 Å². The average molecular weight is 404 g/mol. The van der Waals surface area contributed by atoms with E-state index in [1.54, 1.807) is 41.9 Å². The quantitative estimate of drug-likeness (QED) is 0.527. The molecule has 3 aromatic heterocycles. The van der Waals surface area contributed by atoms with Crippen LogP contribution < -0.4 is 5.43 Å². The van der Waals surface area contributed by atoms with Crippen molar-refractivity contribution in [2.24, 2.45) is 5.10 Å². The lowest BCUT2D eigenvalue weighted by Crippen LogP contribution is -2.18. The normalized spacial score (nSPS) is 13.3. The molecule has 29 heavy (non-hydrogen) atoms. The highest BCUT2D eigenvalue weighted by Gasteiger charge is 2.23. The molecular formula is C22H21N5OS. The number of hydrogen-bond acceptors (Lipinski definition) is 5. The highest BCUT2D eigenvalue weighted by atomic mass is 32.1. The maximum atomic E-state index is 12.1. The number of nitrogens with zero attached hydrogens (tertiary/aromatic N) is 4. The Morgan fingerprint density at radius 3 is 2.93 bits per heavy atom. The Morgan fingerprint density at radius 1 is 1.34 bits per heavy atom. The lowest BCUT2D eigenvalue weighted by molar-refractivity contribution is 0.0950. The summed E-state index contributed by atoms with van der Waals surface area (Å²) >= 11 is 1.73. The Morgan fingerprint density at radius 2 is 2.17 bits per heavy atom. The molecule has 0 bridgehead atoms. The lowest BCUT2D eigenvalue weighted by Gasteiger charge is -2.10. The van der Waals surface area contributed by atoms with Crippen LogP contribution in [0.4, 0.5) is 0 Å². The van der Waals surface area contributed by atoms with Crippen molar-refractivity contribution in [2.75, 3.05) is 0 Å². The third kappa shape index (κ3) is 3.59. The van der Waals surface area contributed by atoms with E-state index >= 15 is 0 Å². The first-order chi connectivity index (χ1) is 14.1. The Bertz CT molecular complexity index is 1130. The van der Waals surface area contributed by atoms with E-state index in [1.807, 2.05) is 19.9 Å². The van der Waals surface area contributed by atoms with Crippen LogP contribution in [0.3, 0.4) is 0 Å². The average Bonchev–Trinajstić information content (AvgIpc) is 3.24. The van der Waals surface area contributed by atoms with Gasteiger partial charge < -0.3 is 4.57 Å². The second kappa shape index (κ2) is 8.02. The third-order valence-electron chi connectivity index (χ3n) is 5.21. The van der Waals surface area contributed by atoms with Crippen LogP contribution in [0.2, 0.25) is 0 Å². The van der Waals surface area contributed by atoms with Gasteiger partial charge in [-0.2, -0.15) is 10.4 Å². The summed E-state index contributed by atoms with van der Waals surface area (Å²) in [6, 6.07) is 9.60. The molecule has 6 nitrogen and oxygen atoms in total. The molecular weight excluding hydrogens is 382 g/mol. The van der Waals surface area contributed by atoms with Crippen LogP contribution in [0.1, 0.15) is 56.3 Å². The van der Waals surface area contributed by atoms with Gasteiger partial charge in [-0.25, -0.2) is 5.43 Å². The van der Waals surface area contributed by atoms with E-state index < -0.39 is 0 Å². The van der Waals surface area contributed by atoms with Crippen molar-refractivity contribution in [1.29, 1.82) is 5.26 Å². The number of amides is 1. The summed E-state index contributed by atoms with van der Waals surface area (Å²) in [5.74, 6) is -0.353. The molecule has 1 aliphatic rings. The fraction of sp³-hybridized carbons (Fsp3) is 0.273. The summed E-state index contributed by atoms with van der Waals surface area (Å²) in [5, 5.41) is 14.9. The Hall–Kier alpha value is -3.24. The number of nitriles is 1. The van der Waals surface area contributed by atoms with E-state index in [4.69, 9.17) is 0 Å². The van der Waals surface area contributed by atoms with E-state index in [0.717, 1.165) is 46.8 Å². The number of aryl methyl sites for hydroxylation is 2. The molecule has 1 amide bonds. The molecule has 0 unspecified atom stereocenters. The first-order valence-electron chi connectivity index (χ1n) is 9.58. The lowest BCUT2D eigenvalue weighted by atomic mass is 9.96. The molecule has 0 aliphatic heterocycles. The van der Waals surface area contributed by atoms with Gasteiger partial charge in [-0.3, -0.25) is 9.78 Å². The molecule has 0 saturated carbocycles. The highest BCUT2D eigenvalue weighted by molar-refractivity contribution is 7.15. The Labute approximate surface area is 173 Å². The zero-order chi connectivity index (χ0) is 20.4. The second-order valence-electron chi connectivity index (χ2n) is 7.08. The number of fused-ring (bicyclic) bond motifs is 1. The van der Waals surface area contributed by atoms with Crippen LogP contribution in [0.5, 0.6) is 0 Å². The minimum Gasteiger partial charge on any atom is -0.308 e. The van der Waals surface area contributed by atoms with Crippen LogP contribution in [0.15, 0.2) is 35.6 Å². The molecule has 0 radical (unpaired) electrons.